The smallest absolute Gasteiger partial charge is 0.223 e. The van der Waals surface area contributed by atoms with Crippen LogP contribution in [-0.2, 0) is 20.9 Å². The Hall–Kier alpha value is -2.58. The second-order valence-electron chi connectivity index (χ2n) is 8.91. The zero-order valence-corrected chi connectivity index (χ0v) is 20.2. The van der Waals surface area contributed by atoms with Crippen molar-refractivity contribution in [2.45, 2.75) is 84.0 Å². The summed E-state index contributed by atoms with van der Waals surface area (Å²) in [5.41, 5.74) is 1.63. The number of amides is 2. The number of carbonyl (C=O) groups is 2. The average Bonchev–Trinajstić information content (AvgIpc) is 3.06. The number of hydrogen-bond acceptors (Lipinski definition) is 3. The van der Waals surface area contributed by atoms with Crippen molar-refractivity contribution in [1.29, 1.82) is 0 Å². The number of ether oxygens (including phenoxy) is 1. The molecule has 1 aromatic carbocycles. The van der Waals surface area contributed by atoms with E-state index in [9.17, 15) is 9.59 Å². The van der Waals surface area contributed by atoms with Crippen LogP contribution in [0.15, 0.2) is 36.4 Å². The maximum atomic E-state index is 13.2. The highest BCUT2D eigenvalue weighted by Crippen LogP contribution is 2.37. The Bertz CT molecular complexity index is 839. The predicted octanol–water partition coefficient (Wildman–Crippen LogP) is 4.39. The Morgan fingerprint density at radius 3 is 2.66 bits per heavy atom. The maximum Gasteiger partial charge on any atom is 0.223 e. The van der Waals surface area contributed by atoms with Crippen LogP contribution in [0.2, 0.25) is 0 Å². The molecule has 0 saturated carbocycles. The normalized spacial score (nSPS) is 21.4. The molecule has 0 aromatic heterocycles. The maximum absolute atomic E-state index is 13.2. The standard InChI is InChI=1S/C27H38N2O3/c1-7-10-12-23(30)28-26(27(5,32-6)17-9-3)25-22(11-8-2)18-24(31)29(25)19-21-15-13-20(4)14-16-21/h1,8,11,13-16,22,25-26H,9-10,12,17-19H2,2-6H3,(H,28,30)/b11-8-/t22-,25-,26-,27+/m1/s1. The van der Waals surface area contributed by atoms with Gasteiger partial charge in [-0.3, -0.25) is 9.59 Å². The third kappa shape index (κ3) is 6.23. The first-order valence-corrected chi connectivity index (χ1v) is 11.5. The molecule has 5 nitrogen and oxygen atoms in total. The number of carbonyl (C=O) groups excluding carboxylic acids is 2. The molecule has 1 aromatic rings. The van der Waals surface area contributed by atoms with Crippen molar-refractivity contribution in [1.82, 2.24) is 10.2 Å². The van der Waals surface area contributed by atoms with Gasteiger partial charge >= 0.3 is 0 Å². The largest absolute Gasteiger partial charge is 0.376 e. The molecule has 32 heavy (non-hydrogen) atoms. The van der Waals surface area contributed by atoms with Gasteiger partial charge < -0.3 is 15.0 Å². The fraction of sp³-hybridized carbons (Fsp3) is 0.556. The molecule has 1 aliphatic rings. The van der Waals surface area contributed by atoms with Gasteiger partial charge in [-0.05, 0) is 32.8 Å². The lowest BCUT2D eigenvalue weighted by Gasteiger charge is -2.44. The van der Waals surface area contributed by atoms with Crippen LogP contribution in [0.3, 0.4) is 0 Å². The minimum Gasteiger partial charge on any atom is -0.376 e. The number of hydrogen-bond donors (Lipinski definition) is 1. The Balaban J connectivity index is 2.48. The van der Waals surface area contributed by atoms with Gasteiger partial charge in [0, 0.05) is 38.8 Å². The number of rotatable bonds is 11. The monoisotopic (exact) mass is 438 g/mol. The molecule has 1 fully saturated rings. The number of likely N-dealkylation sites (tertiary alicyclic amines) is 1. The third-order valence-corrected chi connectivity index (χ3v) is 6.47. The topological polar surface area (TPSA) is 58.6 Å². The van der Waals surface area contributed by atoms with Gasteiger partial charge in [0.2, 0.25) is 11.8 Å². The van der Waals surface area contributed by atoms with Crippen molar-refractivity contribution in [2.24, 2.45) is 5.92 Å². The molecular formula is C27H38N2O3. The molecule has 0 spiro atoms. The quantitative estimate of drug-likeness (QED) is 0.412. The summed E-state index contributed by atoms with van der Waals surface area (Å²) < 4.78 is 6.02. The zero-order valence-electron chi connectivity index (χ0n) is 20.2. The van der Waals surface area contributed by atoms with Crippen LogP contribution in [0, 0.1) is 25.2 Å². The molecule has 2 rings (SSSR count). The third-order valence-electron chi connectivity index (χ3n) is 6.47. The van der Waals surface area contributed by atoms with Crippen molar-refractivity contribution < 1.29 is 14.3 Å². The minimum atomic E-state index is -0.624. The first-order chi connectivity index (χ1) is 15.3. The lowest BCUT2D eigenvalue weighted by atomic mass is 9.80. The highest BCUT2D eigenvalue weighted by Gasteiger charge is 2.50. The van der Waals surface area contributed by atoms with Gasteiger partial charge in [0.1, 0.15) is 0 Å². The van der Waals surface area contributed by atoms with E-state index in [1.807, 2.05) is 31.7 Å². The molecule has 5 heteroatoms. The van der Waals surface area contributed by atoms with Gasteiger partial charge in [-0.1, -0.05) is 55.3 Å². The van der Waals surface area contributed by atoms with Crippen LogP contribution in [0.1, 0.15) is 64.0 Å². The van der Waals surface area contributed by atoms with E-state index in [2.05, 4.69) is 48.5 Å². The molecule has 4 atom stereocenters. The Kier molecular flexibility index (Phi) is 9.53. The summed E-state index contributed by atoms with van der Waals surface area (Å²) in [7, 11) is 1.68. The van der Waals surface area contributed by atoms with Crippen LogP contribution in [0.25, 0.3) is 0 Å². The summed E-state index contributed by atoms with van der Waals surface area (Å²) in [6.45, 7) is 8.64. The molecule has 174 valence electrons. The second-order valence-corrected chi connectivity index (χ2v) is 8.91. The molecule has 0 bridgehead atoms. The van der Waals surface area contributed by atoms with E-state index in [0.29, 0.717) is 19.4 Å². The van der Waals surface area contributed by atoms with Crippen LogP contribution >= 0.6 is 0 Å². The molecule has 0 aliphatic carbocycles. The van der Waals surface area contributed by atoms with Crippen molar-refractivity contribution in [3.8, 4) is 12.3 Å². The SMILES string of the molecule is C#CCCC(=O)N[C@H]([C@H]1[C@H](/C=C\C)CC(=O)N1Cc1ccc(C)cc1)[C@](C)(CCC)OC. The van der Waals surface area contributed by atoms with Crippen molar-refractivity contribution in [3.05, 3.63) is 47.5 Å². The van der Waals surface area contributed by atoms with Crippen LogP contribution in [0.4, 0.5) is 0 Å². The number of terminal acetylenes is 1. The van der Waals surface area contributed by atoms with Gasteiger partial charge in [-0.15, -0.1) is 12.3 Å². The number of benzene rings is 1. The molecule has 0 radical (unpaired) electrons. The van der Waals surface area contributed by atoms with E-state index in [1.165, 1.54) is 5.56 Å². The highest BCUT2D eigenvalue weighted by molar-refractivity contribution is 5.81. The fourth-order valence-corrected chi connectivity index (χ4v) is 4.69. The van der Waals surface area contributed by atoms with Crippen molar-refractivity contribution in [2.75, 3.05) is 7.11 Å². The summed E-state index contributed by atoms with van der Waals surface area (Å²) in [6, 6.07) is 7.66. The summed E-state index contributed by atoms with van der Waals surface area (Å²) >= 11 is 0. The summed E-state index contributed by atoms with van der Waals surface area (Å²) in [5, 5.41) is 3.22. The molecular weight excluding hydrogens is 400 g/mol. The summed E-state index contributed by atoms with van der Waals surface area (Å²) in [6.07, 6.45) is 12.2. The predicted molar refractivity (Wildman–Crippen MR) is 129 cm³/mol. The minimum absolute atomic E-state index is 0.0118. The first-order valence-electron chi connectivity index (χ1n) is 11.5. The lowest BCUT2D eigenvalue weighted by molar-refractivity contribution is -0.135. The Morgan fingerprint density at radius 1 is 1.41 bits per heavy atom. The molecule has 0 unspecified atom stereocenters. The summed E-state index contributed by atoms with van der Waals surface area (Å²) in [5.74, 6) is 2.51. The van der Waals surface area contributed by atoms with Gasteiger partial charge in [0.15, 0.2) is 0 Å². The van der Waals surface area contributed by atoms with E-state index in [0.717, 1.165) is 18.4 Å². The molecule has 1 aliphatic heterocycles. The van der Waals surface area contributed by atoms with Crippen LogP contribution in [-0.4, -0.2) is 41.5 Å². The number of nitrogens with zero attached hydrogens (tertiary/aromatic N) is 1. The summed E-state index contributed by atoms with van der Waals surface area (Å²) in [4.78, 5) is 27.9. The molecule has 1 heterocycles. The molecule has 2 amide bonds. The Morgan fingerprint density at radius 2 is 2.09 bits per heavy atom. The first kappa shape index (κ1) is 25.7. The van der Waals surface area contributed by atoms with E-state index in [4.69, 9.17) is 11.2 Å². The van der Waals surface area contributed by atoms with Gasteiger partial charge in [0.25, 0.3) is 0 Å². The van der Waals surface area contributed by atoms with Crippen LogP contribution in [0.5, 0.6) is 0 Å². The number of aryl methyl sites for hydroxylation is 1. The van der Waals surface area contributed by atoms with Crippen LogP contribution < -0.4 is 5.32 Å². The molecule has 1 saturated heterocycles. The molecule has 1 N–H and O–H groups in total. The van der Waals surface area contributed by atoms with Crippen molar-refractivity contribution >= 4 is 11.8 Å². The number of methoxy groups -OCH3 is 1. The average molecular weight is 439 g/mol. The second kappa shape index (κ2) is 11.9. The van der Waals surface area contributed by atoms with E-state index < -0.39 is 5.60 Å². The van der Waals surface area contributed by atoms with Gasteiger partial charge in [-0.2, -0.15) is 0 Å². The Labute approximate surface area is 193 Å². The van der Waals surface area contributed by atoms with Gasteiger partial charge in [-0.25, -0.2) is 0 Å². The van der Waals surface area contributed by atoms with Crippen molar-refractivity contribution in [3.63, 3.8) is 0 Å². The van der Waals surface area contributed by atoms with E-state index in [-0.39, 0.29) is 36.2 Å². The van der Waals surface area contributed by atoms with Gasteiger partial charge in [0.05, 0.1) is 17.7 Å². The fourth-order valence-electron chi connectivity index (χ4n) is 4.69. The highest BCUT2D eigenvalue weighted by atomic mass is 16.5. The number of nitrogens with one attached hydrogen (secondary N) is 1. The van der Waals surface area contributed by atoms with E-state index >= 15 is 0 Å². The number of allylic oxidation sites excluding steroid dienone is 1. The zero-order chi connectivity index (χ0) is 23.7. The van der Waals surface area contributed by atoms with E-state index in [1.54, 1.807) is 7.11 Å². The lowest BCUT2D eigenvalue weighted by Crippen LogP contribution is -2.62.